The van der Waals surface area contributed by atoms with Gasteiger partial charge in [0.1, 0.15) is 5.69 Å². The smallest absolute Gasteiger partial charge is 0.267 e. The second-order valence-corrected chi connectivity index (χ2v) is 4.94. The van der Waals surface area contributed by atoms with Crippen molar-refractivity contribution in [3.63, 3.8) is 0 Å². The Balaban J connectivity index is 2.48. The summed E-state index contributed by atoms with van der Waals surface area (Å²) >= 11 is 1.32. The molecule has 0 saturated heterocycles. The van der Waals surface area contributed by atoms with E-state index in [1.807, 2.05) is 12.4 Å². The molecule has 0 saturated carbocycles. The Labute approximate surface area is 121 Å². The third-order valence-corrected chi connectivity index (χ3v) is 3.47. The van der Waals surface area contributed by atoms with Gasteiger partial charge in [-0.05, 0) is 25.3 Å². The first-order valence-electron chi connectivity index (χ1n) is 5.93. The number of likely N-dealkylation sites (N-methyl/N-ethyl adjacent to an activating group) is 1. The first kappa shape index (κ1) is 14.2. The van der Waals surface area contributed by atoms with Gasteiger partial charge in [-0.1, -0.05) is 17.8 Å². The fraction of sp³-hybridized carbons (Fsp3) is 0.308. The molecule has 0 bridgehead atoms. The number of rotatable bonds is 1. The van der Waals surface area contributed by atoms with Crippen molar-refractivity contribution in [3.05, 3.63) is 18.2 Å². The molecule has 1 aromatic carbocycles. The maximum Gasteiger partial charge on any atom is 0.267 e. The molecule has 2 rings (SSSR count). The highest BCUT2D eigenvalue weighted by molar-refractivity contribution is 8.13. The van der Waals surface area contributed by atoms with Crippen LogP contribution in [0.25, 0.3) is 0 Å². The van der Waals surface area contributed by atoms with E-state index in [1.54, 1.807) is 37.1 Å². The number of nitrogens with zero attached hydrogens (tertiary/aromatic N) is 3. The molecule has 1 heterocycles. The molecule has 1 unspecified atom stereocenters. The lowest BCUT2D eigenvalue weighted by Gasteiger charge is -2.30. The molecule has 6 nitrogen and oxygen atoms in total. The van der Waals surface area contributed by atoms with Gasteiger partial charge in [-0.15, -0.1) is 0 Å². The normalized spacial score (nSPS) is 18.1. The minimum atomic E-state index is -0.550. The van der Waals surface area contributed by atoms with Gasteiger partial charge < -0.3 is 9.64 Å². The minimum absolute atomic E-state index is 0.0983. The van der Waals surface area contributed by atoms with E-state index in [-0.39, 0.29) is 5.91 Å². The number of carbonyl (C=O) groups excluding carboxylic acids is 1. The Morgan fingerprint density at radius 2 is 2.35 bits per heavy atom. The number of amidine groups is 1. The van der Waals surface area contributed by atoms with E-state index < -0.39 is 6.10 Å². The summed E-state index contributed by atoms with van der Waals surface area (Å²) in [6.45, 7) is 1.70. The molecule has 7 heteroatoms. The standard InChI is InChI=1S/C13H14N4O2S/c1-8-12(18)17(2)10-6-4-5-9(11(10)19-8)16-13(20-3)15-7-14/h4-6,8H,1-3H3,(H,15,16). The Hall–Kier alpha value is -2.20. The maximum atomic E-state index is 11.9. The lowest BCUT2D eigenvalue weighted by Crippen LogP contribution is -2.41. The molecule has 1 atom stereocenters. The number of benzene rings is 1. The van der Waals surface area contributed by atoms with Crippen LogP contribution in [0.5, 0.6) is 5.75 Å². The van der Waals surface area contributed by atoms with Gasteiger partial charge in [-0.25, -0.2) is 4.99 Å². The summed E-state index contributed by atoms with van der Waals surface area (Å²) in [7, 11) is 1.71. The maximum absolute atomic E-state index is 11.9. The minimum Gasteiger partial charge on any atom is -0.476 e. The van der Waals surface area contributed by atoms with Crippen molar-refractivity contribution in [3.8, 4) is 11.9 Å². The highest BCUT2D eigenvalue weighted by Gasteiger charge is 2.30. The molecule has 1 aliphatic heterocycles. The van der Waals surface area contributed by atoms with E-state index in [2.05, 4.69) is 10.3 Å². The van der Waals surface area contributed by atoms with Crippen LogP contribution in [0.3, 0.4) is 0 Å². The predicted molar refractivity (Wildman–Crippen MR) is 79.3 cm³/mol. The molecule has 0 radical (unpaired) electrons. The van der Waals surface area contributed by atoms with Crippen LogP contribution in [0, 0.1) is 11.5 Å². The number of hydrogen-bond donors (Lipinski definition) is 1. The summed E-state index contributed by atoms with van der Waals surface area (Å²) in [5.74, 6) is 0.451. The highest BCUT2D eigenvalue weighted by atomic mass is 32.2. The van der Waals surface area contributed by atoms with Gasteiger partial charge in [0.15, 0.2) is 23.2 Å². The summed E-state index contributed by atoms with van der Waals surface area (Å²) < 4.78 is 5.65. The number of anilines is 1. The van der Waals surface area contributed by atoms with Crippen LogP contribution in [0.1, 0.15) is 6.92 Å². The van der Waals surface area contributed by atoms with E-state index >= 15 is 0 Å². The van der Waals surface area contributed by atoms with E-state index in [1.165, 1.54) is 11.8 Å². The number of carbonyl (C=O) groups is 1. The Bertz CT molecular complexity index is 609. The van der Waals surface area contributed by atoms with Crippen LogP contribution >= 0.6 is 11.8 Å². The first-order chi connectivity index (χ1) is 9.58. The zero-order chi connectivity index (χ0) is 14.7. The Kier molecular flexibility index (Phi) is 4.15. The molecular formula is C13H14N4O2S. The van der Waals surface area contributed by atoms with Gasteiger partial charge in [-0.2, -0.15) is 5.26 Å². The molecule has 1 aliphatic rings. The van der Waals surface area contributed by atoms with Crippen molar-refractivity contribution >= 4 is 34.2 Å². The molecule has 0 fully saturated rings. The summed E-state index contributed by atoms with van der Waals surface area (Å²) in [6, 6.07) is 5.38. The highest BCUT2D eigenvalue weighted by Crippen LogP contribution is 2.41. The van der Waals surface area contributed by atoms with E-state index in [0.717, 1.165) is 0 Å². The van der Waals surface area contributed by atoms with Crippen LogP contribution in [0.2, 0.25) is 0 Å². The molecule has 104 valence electrons. The molecule has 0 spiro atoms. The van der Waals surface area contributed by atoms with Crippen LogP contribution in [0.15, 0.2) is 23.2 Å². The largest absolute Gasteiger partial charge is 0.476 e. The summed E-state index contributed by atoms with van der Waals surface area (Å²) in [6.07, 6.45) is 3.10. The number of thioether (sulfide) groups is 1. The average Bonchev–Trinajstić information content (AvgIpc) is 2.45. The van der Waals surface area contributed by atoms with Crippen molar-refractivity contribution in [1.29, 1.82) is 5.26 Å². The monoisotopic (exact) mass is 290 g/mol. The van der Waals surface area contributed by atoms with Gasteiger partial charge in [0.25, 0.3) is 5.91 Å². The summed E-state index contributed by atoms with van der Waals surface area (Å²) in [4.78, 5) is 17.8. The number of hydrogen-bond acceptors (Lipinski definition) is 5. The first-order valence-corrected chi connectivity index (χ1v) is 7.16. The van der Waals surface area contributed by atoms with E-state index in [4.69, 9.17) is 10.00 Å². The molecule has 1 aromatic rings. The fourth-order valence-corrected chi connectivity index (χ4v) is 2.22. The number of amides is 1. The van der Waals surface area contributed by atoms with Crippen molar-refractivity contribution in [2.24, 2.45) is 4.99 Å². The zero-order valence-electron chi connectivity index (χ0n) is 11.4. The third kappa shape index (κ3) is 2.56. The van der Waals surface area contributed by atoms with Crippen molar-refractivity contribution in [2.45, 2.75) is 13.0 Å². The Morgan fingerprint density at radius 1 is 1.60 bits per heavy atom. The average molecular weight is 290 g/mol. The van der Waals surface area contributed by atoms with Gasteiger partial charge >= 0.3 is 0 Å². The summed E-state index contributed by atoms with van der Waals surface area (Å²) in [5, 5.41) is 11.6. The van der Waals surface area contributed by atoms with Crippen LogP contribution in [-0.2, 0) is 4.79 Å². The van der Waals surface area contributed by atoms with Crippen molar-refractivity contribution < 1.29 is 9.53 Å². The number of nitrogens with one attached hydrogen (secondary N) is 1. The molecule has 0 aliphatic carbocycles. The number of para-hydroxylation sites is 1. The SMILES string of the molecule is CSC(=Nc1cccc2c1OC(C)C(=O)N2C)NC#N. The van der Waals surface area contributed by atoms with Gasteiger partial charge in [0.2, 0.25) is 0 Å². The van der Waals surface area contributed by atoms with Gasteiger partial charge in [-0.3, -0.25) is 10.1 Å². The third-order valence-electron chi connectivity index (χ3n) is 2.89. The Morgan fingerprint density at radius 3 is 3.00 bits per heavy atom. The van der Waals surface area contributed by atoms with Crippen LogP contribution < -0.4 is 15.0 Å². The zero-order valence-corrected chi connectivity index (χ0v) is 12.2. The fourth-order valence-electron chi connectivity index (χ4n) is 1.89. The quantitative estimate of drug-likeness (QED) is 0.369. The van der Waals surface area contributed by atoms with Crippen LogP contribution in [-0.4, -0.2) is 30.5 Å². The van der Waals surface area contributed by atoms with Gasteiger partial charge in [0.05, 0.1) is 5.69 Å². The van der Waals surface area contributed by atoms with Crippen molar-refractivity contribution in [1.82, 2.24) is 5.32 Å². The van der Waals surface area contributed by atoms with E-state index in [9.17, 15) is 4.79 Å². The second-order valence-electron chi connectivity index (χ2n) is 4.14. The second kappa shape index (κ2) is 5.84. The van der Waals surface area contributed by atoms with Crippen LogP contribution in [0.4, 0.5) is 11.4 Å². The van der Waals surface area contributed by atoms with E-state index in [0.29, 0.717) is 22.3 Å². The number of fused-ring (bicyclic) bond motifs is 1. The molecule has 0 aromatic heterocycles. The predicted octanol–water partition coefficient (Wildman–Crippen LogP) is 1.85. The molecule has 1 amide bonds. The summed E-state index contributed by atoms with van der Waals surface area (Å²) in [5.41, 5.74) is 1.26. The molecule has 1 N–H and O–H groups in total. The topological polar surface area (TPSA) is 77.7 Å². The lowest BCUT2D eigenvalue weighted by molar-refractivity contribution is -0.125. The van der Waals surface area contributed by atoms with Gasteiger partial charge in [0, 0.05) is 7.05 Å². The molecular weight excluding hydrogens is 276 g/mol. The van der Waals surface area contributed by atoms with Crippen molar-refractivity contribution in [2.75, 3.05) is 18.2 Å². The number of nitriles is 1. The molecule has 20 heavy (non-hydrogen) atoms. The number of aliphatic imine (C=N–C) groups is 1. The number of ether oxygens (including phenoxy) is 1. The lowest BCUT2D eigenvalue weighted by atomic mass is 10.2.